The van der Waals surface area contributed by atoms with E-state index in [9.17, 15) is 5.11 Å². The topological polar surface area (TPSA) is 109 Å². The number of aliphatic hydroxyl groups excluding tert-OH is 1. The summed E-state index contributed by atoms with van der Waals surface area (Å²) in [6.07, 6.45) is 5.48. The standard InChI is InChI=1S/C20H24N6O/c1-23-10-17(9-21)15-3-2-4-16(7-15)20(22)18-8-19(25-13-24-18)26-6-5-14(11-26)12-27/h2-4,7-10,13-14,17,21-22,27H,5-6,11-12H2,1H3. The number of nitrogens with one attached hydrogen (secondary N) is 2. The van der Waals surface area contributed by atoms with Gasteiger partial charge < -0.3 is 15.4 Å². The van der Waals surface area contributed by atoms with E-state index in [-0.39, 0.29) is 18.4 Å². The average Bonchev–Trinajstić information content (AvgIpc) is 3.21. The zero-order valence-corrected chi connectivity index (χ0v) is 15.3. The number of anilines is 1. The predicted molar refractivity (Wildman–Crippen MR) is 108 cm³/mol. The molecule has 1 aromatic heterocycles. The van der Waals surface area contributed by atoms with Gasteiger partial charge in [-0.2, -0.15) is 0 Å². The van der Waals surface area contributed by atoms with Gasteiger partial charge in [-0.1, -0.05) is 18.2 Å². The van der Waals surface area contributed by atoms with Gasteiger partial charge in [0.2, 0.25) is 0 Å². The maximum atomic E-state index is 9.33. The van der Waals surface area contributed by atoms with E-state index >= 15 is 0 Å². The first-order chi connectivity index (χ1) is 13.2. The van der Waals surface area contributed by atoms with Crippen LogP contribution in [0.2, 0.25) is 0 Å². The van der Waals surface area contributed by atoms with Crippen molar-refractivity contribution in [2.45, 2.75) is 12.3 Å². The summed E-state index contributed by atoms with van der Waals surface area (Å²) in [5.74, 6) is 0.855. The fourth-order valence-electron chi connectivity index (χ4n) is 3.28. The molecule has 1 aromatic carbocycles. The second kappa shape index (κ2) is 8.64. The monoisotopic (exact) mass is 364 g/mol. The Morgan fingerprint density at radius 2 is 2.26 bits per heavy atom. The third kappa shape index (κ3) is 4.25. The highest BCUT2D eigenvalue weighted by atomic mass is 16.3. The Morgan fingerprint density at radius 3 is 2.96 bits per heavy atom. The van der Waals surface area contributed by atoms with Crippen LogP contribution in [0.25, 0.3) is 0 Å². The van der Waals surface area contributed by atoms with Crippen molar-refractivity contribution in [2.75, 3.05) is 31.6 Å². The number of aromatic nitrogens is 2. The van der Waals surface area contributed by atoms with E-state index in [4.69, 9.17) is 10.8 Å². The number of hydrogen-bond donors (Lipinski definition) is 3. The van der Waals surface area contributed by atoms with Gasteiger partial charge in [0.25, 0.3) is 0 Å². The van der Waals surface area contributed by atoms with E-state index in [1.165, 1.54) is 12.5 Å². The lowest BCUT2D eigenvalue weighted by Crippen LogP contribution is -2.22. The lowest BCUT2D eigenvalue weighted by molar-refractivity contribution is 0.238. The van der Waals surface area contributed by atoms with Gasteiger partial charge in [-0.15, -0.1) is 0 Å². The molecule has 2 aromatic rings. The van der Waals surface area contributed by atoms with Crippen LogP contribution in [0.5, 0.6) is 0 Å². The Hall–Kier alpha value is -2.93. The van der Waals surface area contributed by atoms with Gasteiger partial charge >= 0.3 is 0 Å². The minimum atomic E-state index is -0.205. The minimum absolute atomic E-state index is 0.187. The van der Waals surface area contributed by atoms with Crippen molar-refractivity contribution in [3.8, 4) is 0 Å². The number of benzene rings is 1. The fourth-order valence-corrected chi connectivity index (χ4v) is 3.28. The molecule has 3 rings (SSSR count). The summed E-state index contributed by atoms with van der Waals surface area (Å²) in [7, 11) is 1.69. The summed E-state index contributed by atoms with van der Waals surface area (Å²) in [5.41, 5.74) is 2.52. The first kappa shape index (κ1) is 18.8. The zero-order chi connectivity index (χ0) is 19.2. The Bertz CT molecular complexity index is 850. The van der Waals surface area contributed by atoms with Gasteiger partial charge in [0.05, 0.1) is 17.3 Å². The van der Waals surface area contributed by atoms with E-state index in [1.807, 2.05) is 30.3 Å². The second-order valence-corrected chi connectivity index (χ2v) is 6.64. The van der Waals surface area contributed by atoms with Crippen molar-refractivity contribution in [1.29, 1.82) is 10.8 Å². The van der Waals surface area contributed by atoms with Crippen LogP contribution in [0.3, 0.4) is 0 Å². The van der Waals surface area contributed by atoms with Gasteiger partial charge in [-0.05, 0) is 18.1 Å². The van der Waals surface area contributed by atoms with Crippen LogP contribution in [0, 0.1) is 16.7 Å². The summed E-state index contributed by atoms with van der Waals surface area (Å²) < 4.78 is 0. The predicted octanol–water partition coefficient (Wildman–Crippen LogP) is 2.15. The minimum Gasteiger partial charge on any atom is -0.396 e. The Kier molecular flexibility index (Phi) is 6.03. The lowest BCUT2D eigenvalue weighted by Gasteiger charge is -2.17. The molecule has 7 nitrogen and oxygen atoms in total. The van der Waals surface area contributed by atoms with Crippen LogP contribution < -0.4 is 4.90 Å². The van der Waals surface area contributed by atoms with Crippen LogP contribution >= 0.6 is 0 Å². The molecule has 1 saturated heterocycles. The van der Waals surface area contributed by atoms with Gasteiger partial charge in [0.1, 0.15) is 12.1 Å². The van der Waals surface area contributed by atoms with Crippen molar-refractivity contribution in [3.05, 3.63) is 53.5 Å². The van der Waals surface area contributed by atoms with Crippen molar-refractivity contribution in [3.63, 3.8) is 0 Å². The number of nitrogens with zero attached hydrogens (tertiary/aromatic N) is 4. The molecule has 140 valence electrons. The molecule has 0 saturated carbocycles. The van der Waals surface area contributed by atoms with Gasteiger partial charge in [-0.3, -0.25) is 10.4 Å². The van der Waals surface area contributed by atoms with E-state index in [0.29, 0.717) is 11.4 Å². The molecule has 0 amide bonds. The van der Waals surface area contributed by atoms with Crippen LogP contribution in [0.15, 0.2) is 41.7 Å². The second-order valence-electron chi connectivity index (χ2n) is 6.64. The molecule has 27 heavy (non-hydrogen) atoms. The van der Waals surface area contributed by atoms with Crippen molar-refractivity contribution >= 4 is 24.0 Å². The molecular weight excluding hydrogens is 340 g/mol. The van der Waals surface area contributed by atoms with Crippen LogP contribution in [0.4, 0.5) is 5.82 Å². The SMILES string of the molecule is CN=CC(C=N)c1cccc(C(=N)c2cc(N3CCC(CO)C3)ncn2)c1. The molecule has 1 aliphatic rings. The Labute approximate surface area is 158 Å². The molecular formula is C20H24N6O. The number of rotatable bonds is 7. The fraction of sp³-hybridized carbons (Fsp3) is 0.350. The van der Waals surface area contributed by atoms with Crippen molar-refractivity contribution in [2.24, 2.45) is 10.9 Å². The summed E-state index contributed by atoms with van der Waals surface area (Å²) >= 11 is 0. The van der Waals surface area contributed by atoms with Crippen molar-refractivity contribution < 1.29 is 5.11 Å². The highest BCUT2D eigenvalue weighted by molar-refractivity contribution is 6.10. The molecule has 3 N–H and O–H groups in total. The van der Waals surface area contributed by atoms with Crippen molar-refractivity contribution in [1.82, 2.24) is 9.97 Å². The maximum absolute atomic E-state index is 9.33. The molecule has 0 spiro atoms. The molecule has 2 heterocycles. The molecule has 0 aliphatic carbocycles. The molecule has 0 bridgehead atoms. The van der Waals surface area contributed by atoms with Gasteiger partial charge in [0.15, 0.2) is 0 Å². The highest BCUT2D eigenvalue weighted by Crippen LogP contribution is 2.23. The van der Waals surface area contributed by atoms with E-state index in [0.717, 1.165) is 36.5 Å². The molecule has 2 atom stereocenters. The van der Waals surface area contributed by atoms with E-state index < -0.39 is 0 Å². The van der Waals surface area contributed by atoms with Crippen LogP contribution in [-0.4, -0.2) is 60.0 Å². The summed E-state index contributed by atoms with van der Waals surface area (Å²) in [4.78, 5) is 14.7. The summed E-state index contributed by atoms with van der Waals surface area (Å²) in [5, 5.41) is 25.5. The first-order valence-corrected chi connectivity index (χ1v) is 8.96. The third-order valence-electron chi connectivity index (χ3n) is 4.83. The Balaban J connectivity index is 1.84. The molecule has 2 unspecified atom stereocenters. The van der Waals surface area contributed by atoms with Gasteiger partial charge in [0, 0.05) is 56.7 Å². The zero-order valence-electron chi connectivity index (χ0n) is 15.3. The molecule has 1 aliphatic heterocycles. The molecule has 1 fully saturated rings. The lowest BCUT2D eigenvalue weighted by atomic mass is 9.97. The maximum Gasteiger partial charge on any atom is 0.132 e. The third-order valence-corrected chi connectivity index (χ3v) is 4.83. The molecule has 7 heteroatoms. The van der Waals surface area contributed by atoms with Crippen LogP contribution in [0.1, 0.15) is 29.2 Å². The number of aliphatic imine (C=N–C) groups is 1. The largest absolute Gasteiger partial charge is 0.396 e. The van der Waals surface area contributed by atoms with E-state index in [2.05, 4.69) is 19.9 Å². The summed E-state index contributed by atoms with van der Waals surface area (Å²) in [6.45, 7) is 1.81. The highest BCUT2D eigenvalue weighted by Gasteiger charge is 2.23. The quantitative estimate of drug-likeness (QED) is 0.654. The number of hydrogen-bond acceptors (Lipinski definition) is 7. The summed E-state index contributed by atoms with van der Waals surface area (Å²) in [6, 6.07) is 9.41. The normalized spacial score (nSPS) is 18.0. The smallest absolute Gasteiger partial charge is 0.132 e. The molecule has 0 radical (unpaired) electrons. The average molecular weight is 364 g/mol. The van der Waals surface area contributed by atoms with Crippen LogP contribution in [-0.2, 0) is 0 Å². The Morgan fingerprint density at radius 1 is 1.41 bits per heavy atom. The van der Waals surface area contributed by atoms with E-state index in [1.54, 1.807) is 13.3 Å². The number of aliphatic hydroxyl groups is 1. The first-order valence-electron chi connectivity index (χ1n) is 8.96. The van der Waals surface area contributed by atoms with Gasteiger partial charge in [-0.25, -0.2) is 9.97 Å².